The molecule has 3 heteroatoms. The molecule has 3 rings (SSSR count). The molecule has 1 aromatic rings. The molecule has 2 aliphatic rings. The van der Waals surface area contributed by atoms with E-state index in [0.717, 1.165) is 12.5 Å². The molecule has 21 heavy (non-hydrogen) atoms. The quantitative estimate of drug-likeness (QED) is 0.845. The van der Waals surface area contributed by atoms with Gasteiger partial charge < -0.3 is 16.0 Å². The summed E-state index contributed by atoms with van der Waals surface area (Å²) in [5, 5.41) is 3.66. The minimum Gasteiger partial charge on any atom is -0.374 e. The van der Waals surface area contributed by atoms with Crippen molar-refractivity contribution in [2.45, 2.75) is 44.6 Å². The number of nitrogens with one attached hydrogen (secondary N) is 1. The lowest BCUT2D eigenvalue weighted by Crippen LogP contribution is -2.31. The van der Waals surface area contributed by atoms with Gasteiger partial charge in [-0.1, -0.05) is 31.4 Å². The minimum absolute atomic E-state index is 0.308. The first kappa shape index (κ1) is 14.9. The summed E-state index contributed by atoms with van der Waals surface area (Å²) in [5.74, 6) is 0.966. The molecule has 1 fully saturated rings. The molecule has 3 N–H and O–H groups in total. The maximum absolute atomic E-state index is 6.00. The fraction of sp³-hybridized carbons (Fsp3) is 0.667. The SMILES string of the molecule is CN1CCCc2cc(C(CN)NCCC3CCC3)ccc21. The topological polar surface area (TPSA) is 41.3 Å². The average Bonchev–Trinajstić information content (AvgIpc) is 2.45. The molecule has 1 atom stereocenters. The van der Waals surface area contributed by atoms with E-state index < -0.39 is 0 Å². The van der Waals surface area contributed by atoms with E-state index in [0.29, 0.717) is 12.6 Å². The van der Waals surface area contributed by atoms with E-state index in [9.17, 15) is 0 Å². The maximum atomic E-state index is 6.00. The highest BCUT2D eigenvalue weighted by Gasteiger charge is 2.19. The number of hydrogen-bond donors (Lipinski definition) is 2. The molecule has 1 heterocycles. The number of hydrogen-bond acceptors (Lipinski definition) is 3. The lowest BCUT2D eigenvalue weighted by atomic mass is 9.83. The smallest absolute Gasteiger partial charge is 0.0444 e. The summed E-state index contributed by atoms with van der Waals surface area (Å²) in [6, 6.07) is 7.22. The molecule has 0 aromatic heterocycles. The summed E-state index contributed by atoms with van der Waals surface area (Å²) in [7, 11) is 2.19. The van der Waals surface area contributed by atoms with Crippen LogP contribution in [0.3, 0.4) is 0 Å². The Bertz CT molecular complexity index is 468. The number of rotatable bonds is 6. The third-order valence-electron chi connectivity index (χ3n) is 5.26. The fourth-order valence-corrected chi connectivity index (χ4v) is 3.60. The second-order valence-electron chi connectivity index (χ2n) is 6.74. The van der Waals surface area contributed by atoms with Crippen molar-refractivity contribution in [1.82, 2.24) is 5.32 Å². The highest BCUT2D eigenvalue weighted by Crippen LogP contribution is 2.30. The molecule has 1 aliphatic carbocycles. The zero-order valence-electron chi connectivity index (χ0n) is 13.3. The normalized spacial score (nSPS) is 20.0. The lowest BCUT2D eigenvalue weighted by Gasteiger charge is -2.29. The van der Waals surface area contributed by atoms with Crippen LogP contribution in [0.15, 0.2) is 18.2 Å². The molecule has 0 spiro atoms. The Morgan fingerprint density at radius 3 is 2.90 bits per heavy atom. The van der Waals surface area contributed by atoms with Crippen molar-refractivity contribution in [1.29, 1.82) is 0 Å². The van der Waals surface area contributed by atoms with Crippen molar-refractivity contribution < 1.29 is 0 Å². The second-order valence-corrected chi connectivity index (χ2v) is 6.74. The van der Waals surface area contributed by atoms with Gasteiger partial charge in [-0.2, -0.15) is 0 Å². The van der Waals surface area contributed by atoms with Gasteiger partial charge in [0.15, 0.2) is 0 Å². The number of anilines is 1. The Morgan fingerprint density at radius 1 is 1.33 bits per heavy atom. The third-order valence-corrected chi connectivity index (χ3v) is 5.26. The van der Waals surface area contributed by atoms with E-state index in [2.05, 4.69) is 35.5 Å². The van der Waals surface area contributed by atoms with E-state index in [1.54, 1.807) is 0 Å². The summed E-state index contributed by atoms with van der Waals surface area (Å²) < 4.78 is 0. The van der Waals surface area contributed by atoms with Crippen molar-refractivity contribution >= 4 is 5.69 Å². The van der Waals surface area contributed by atoms with Crippen LogP contribution in [-0.2, 0) is 6.42 Å². The van der Waals surface area contributed by atoms with Gasteiger partial charge in [0.05, 0.1) is 0 Å². The maximum Gasteiger partial charge on any atom is 0.0444 e. The van der Waals surface area contributed by atoms with Crippen LogP contribution in [0.2, 0.25) is 0 Å². The van der Waals surface area contributed by atoms with Crippen molar-refractivity contribution in [2.75, 3.05) is 31.6 Å². The Balaban J connectivity index is 1.62. The van der Waals surface area contributed by atoms with Crippen LogP contribution in [0, 0.1) is 5.92 Å². The van der Waals surface area contributed by atoms with Gasteiger partial charge in [0, 0.05) is 31.9 Å². The molecule has 0 saturated heterocycles. The largest absolute Gasteiger partial charge is 0.374 e. The fourth-order valence-electron chi connectivity index (χ4n) is 3.60. The van der Waals surface area contributed by atoms with Gasteiger partial charge in [0.2, 0.25) is 0 Å². The van der Waals surface area contributed by atoms with Gasteiger partial charge in [-0.15, -0.1) is 0 Å². The molecule has 0 amide bonds. The zero-order valence-corrected chi connectivity index (χ0v) is 13.3. The van der Waals surface area contributed by atoms with Gasteiger partial charge in [-0.25, -0.2) is 0 Å². The van der Waals surface area contributed by atoms with Gasteiger partial charge in [-0.05, 0) is 48.9 Å². The average molecular weight is 287 g/mol. The summed E-state index contributed by atoms with van der Waals surface area (Å²) in [4.78, 5) is 2.37. The van der Waals surface area contributed by atoms with E-state index in [1.165, 1.54) is 61.9 Å². The van der Waals surface area contributed by atoms with E-state index in [1.807, 2.05) is 0 Å². The van der Waals surface area contributed by atoms with Crippen LogP contribution >= 0.6 is 0 Å². The van der Waals surface area contributed by atoms with E-state index >= 15 is 0 Å². The monoisotopic (exact) mass is 287 g/mol. The summed E-state index contributed by atoms with van der Waals surface area (Å²) in [5.41, 5.74) is 10.2. The van der Waals surface area contributed by atoms with Gasteiger partial charge in [0.25, 0.3) is 0 Å². The van der Waals surface area contributed by atoms with Crippen molar-refractivity contribution in [3.63, 3.8) is 0 Å². The molecule has 3 nitrogen and oxygen atoms in total. The zero-order chi connectivity index (χ0) is 14.7. The van der Waals surface area contributed by atoms with Crippen LogP contribution in [0.1, 0.15) is 49.3 Å². The van der Waals surface area contributed by atoms with E-state index in [4.69, 9.17) is 5.73 Å². The van der Waals surface area contributed by atoms with E-state index in [-0.39, 0.29) is 0 Å². The second kappa shape index (κ2) is 6.80. The summed E-state index contributed by atoms with van der Waals surface area (Å²) in [6.45, 7) is 2.95. The van der Waals surface area contributed by atoms with Crippen LogP contribution < -0.4 is 16.0 Å². The van der Waals surface area contributed by atoms with Gasteiger partial charge in [-0.3, -0.25) is 0 Å². The first-order chi connectivity index (χ1) is 10.3. The molecule has 1 aliphatic heterocycles. The Labute approximate surface area is 128 Å². The Kier molecular flexibility index (Phi) is 4.81. The summed E-state index contributed by atoms with van der Waals surface area (Å²) >= 11 is 0. The lowest BCUT2D eigenvalue weighted by molar-refractivity contribution is 0.288. The molecule has 116 valence electrons. The van der Waals surface area contributed by atoms with Crippen molar-refractivity contribution in [3.8, 4) is 0 Å². The van der Waals surface area contributed by atoms with Crippen LogP contribution in [-0.4, -0.2) is 26.7 Å². The van der Waals surface area contributed by atoms with Gasteiger partial charge in [0.1, 0.15) is 0 Å². The number of nitrogens with zero attached hydrogens (tertiary/aromatic N) is 1. The minimum atomic E-state index is 0.308. The number of fused-ring (bicyclic) bond motifs is 1. The summed E-state index contributed by atoms with van der Waals surface area (Å²) in [6.07, 6.45) is 8.07. The Hall–Kier alpha value is -1.06. The first-order valence-electron chi connectivity index (χ1n) is 8.55. The molecule has 0 bridgehead atoms. The van der Waals surface area contributed by atoms with Crippen LogP contribution in [0.4, 0.5) is 5.69 Å². The molecule has 1 unspecified atom stereocenters. The highest BCUT2D eigenvalue weighted by molar-refractivity contribution is 5.56. The van der Waals surface area contributed by atoms with Crippen molar-refractivity contribution in [3.05, 3.63) is 29.3 Å². The number of aryl methyl sites for hydroxylation is 1. The van der Waals surface area contributed by atoms with Gasteiger partial charge >= 0.3 is 0 Å². The standard InChI is InChI=1S/C18H29N3/c1-21-11-3-6-16-12-15(7-8-18(16)21)17(13-19)20-10-9-14-4-2-5-14/h7-8,12,14,17,20H,2-6,9-11,13,19H2,1H3. The highest BCUT2D eigenvalue weighted by atomic mass is 15.1. The third kappa shape index (κ3) is 3.41. The number of nitrogens with two attached hydrogens (primary N) is 1. The predicted molar refractivity (Wildman–Crippen MR) is 89.8 cm³/mol. The predicted octanol–water partition coefficient (Wildman–Crippen LogP) is 2.85. The molecule has 1 aromatic carbocycles. The molecular weight excluding hydrogens is 258 g/mol. The van der Waals surface area contributed by atoms with Crippen molar-refractivity contribution in [2.24, 2.45) is 11.7 Å². The number of benzene rings is 1. The van der Waals surface area contributed by atoms with Crippen LogP contribution in [0.5, 0.6) is 0 Å². The molecule has 1 saturated carbocycles. The molecular formula is C18H29N3. The first-order valence-corrected chi connectivity index (χ1v) is 8.55. The van der Waals surface area contributed by atoms with Crippen LogP contribution in [0.25, 0.3) is 0 Å². The Morgan fingerprint density at radius 2 is 2.19 bits per heavy atom. The molecule has 0 radical (unpaired) electrons.